The quantitative estimate of drug-likeness (QED) is 0.863. The van der Waals surface area contributed by atoms with Crippen molar-refractivity contribution in [1.29, 1.82) is 0 Å². The fourth-order valence-corrected chi connectivity index (χ4v) is 4.89. The van der Waals surface area contributed by atoms with Crippen LogP contribution in [0.4, 0.5) is 0 Å². The lowest BCUT2D eigenvalue weighted by atomic mass is 9.99. The Hall–Kier alpha value is -1.43. The average Bonchev–Trinajstić information content (AvgIpc) is 3.18. The Bertz CT molecular complexity index is 595. The van der Waals surface area contributed by atoms with Gasteiger partial charge in [0.15, 0.2) is 0 Å². The van der Waals surface area contributed by atoms with Crippen molar-refractivity contribution < 1.29 is 9.53 Å². The minimum Gasteiger partial charge on any atom is -0.381 e. The summed E-state index contributed by atoms with van der Waals surface area (Å²) in [7, 11) is 0. The van der Waals surface area contributed by atoms with E-state index in [1.54, 1.807) is 0 Å². The molecule has 27 heavy (non-hydrogen) atoms. The summed E-state index contributed by atoms with van der Waals surface area (Å²) in [6.07, 6.45) is 6.58. The molecule has 0 radical (unpaired) electrons. The molecule has 1 amide bonds. The minimum absolute atomic E-state index is 0.0405. The zero-order chi connectivity index (χ0) is 18.5. The predicted octanol–water partition coefficient (Wildman–Crippen LogP) is 2.41. The maximum atomic E-state index is 12.9. The average molecular weight is 372 g/mol. The van der Waals surface area contributed by atoms with Gasteiger partial charge in [0.1, 0.15) is 0 Å². The Morgan fingerprint density at radius 1 is 1.00 bits per heavy atom. The Morgan fingerprint density at radius 2 is 1.74 bits per heavy atom. The lowest BCUT2D eigenvalue weighted by Gasteiger charge is -2.39. The van der Waals surface area contributed by atoms with E-state index in [1.807, 2.05) is 6.07 Å². The van der Waals surface area contributed by atoms with Gasteiger partial charge in [-0.3, -0.25) is 9.69 Å². The first-order valence-corrected chi connectivity index (χ1v) is 10.7. The number of benzene rings is 1. The molecule has 0 saturated carbocycles. The topological polar surface area (TPSA) is 44.8 Å². The van der Waals surface area contributed by atoms with Crippen molar-refractivity contribution in [3.63, 3.8) is 0 Å². The first kappa shape index (κ1) is 18.9. The van der Waals surface area contributed by atoms with Crippen LogP contribution >= 0.6 is 0 Å². The first-order chi connectivity index (χ1) is 13.3. The first-order valence-electron chi connectivity index (χ1n) is 10.7. The summed E-state index contributed by atoms with van der Waals surface area (Å²) in [5, 5.41) is 3.37. The van der Waals surface area contributed by atoms with Crippen LogP contribution < -0.4 is 5.32 Å². The van der Waals surface area contributed by atoms with Gasteiger partial charge >= 0.3 is 0 Å². The van der Waals surface area contributed by atoms with E-state index in [1.165, 1.54) is 5.56 Å². The molecule has 0 unspecified atom stereocenters. The van der Waals surface area contributed by atoms with Crippen LogP contribution in [-0.2, 0) is 16.1 Å². The molecule has 148 valence electrons. The number of nitrogens with one attached hydrogen (secondary N) is 1. The molecular formula is C22H33N3O2. The molecule has 3 aliphatic rings. The number of hydrogen-bond acceptors (Lipinski definition) is 4. The van der Waals surface area contributed by atoms with E-state index in [0.29, 0.717) is 12.1 Å². The van der Waals surface area contributed by atoms with Crippen LogP contribution in [0.1, 0.15) is 44.1 Å². The lowest BCUT2D eigenvalue weighted by molar-refractivity contribution is -0.126. The fourth-order valence-electron chi connectivity index (χ4n) is 4.89. The predicted molar refractivity (Wildman–Crippen MR) is 106 cm³/mol. The highest BCUT2D eigenvalue weighted by molar-refractivity contribution is 5.82. The van der Waals surface area contributed by atoms with E-state index < -0.39 is 0 Å². The number of likely N-dealkylation sites (tertiary alicyclic amines) is 2. The van der Waals surface area contributed by atoms with Crippen LogP contribution in [0.2, 0.25) is 0 Å². The second-order valence-electron chi connectivity index (χ2n) is 8.28. The molecule has 3 heterocycles. The summed E-state index contributed by atoms with van der Waals surface area (Å²) in [6.45, 7) is 5.92. The highest BCUT2D eigenvalue weighted by atomic mass is 16.5. The molecule has 5 nitrogen and oxygen atoms in total. The maximum absolute atomic E-state index is 12.9. The highest BCUT2D eigenvalue weighted by Gasteiger charge is 2.33. The molecule has 0 spiro atoms. The zero-order valence-electron chi connectivity index (χ0n) is 16.3. The zero-order valence-corrected chi connectivity index (χ0v) is 16.3. The van der Waals surface area contributed by atoms with Gasteiger partial charge < -0.3 is 15.0 Å². The van der Waals surface area contributed by atoms with Gasteiger partial charge in [0, 0.05) is 44.9 Å². The number of ether oxygens (including phenoxy) is 1. The summed E-state index contributed by atoms with van der Waals surface area (Å²) in [6, 6.07) is 11.6. The van der Waals surface area contributed by atoms with E-state index in [9.17, 15) is 4.79 Å². The van der Waals surface area contributed by atoms with Crippen molar-refractivity contribution in [3.05, 3.63) is 35.9 Å². The molecule has 3 aliphatic heterocycles. The second-order valence-corrected chi connectivity index (χ2v) is 8.28. The Kier molecular flexibility index (Phi) is 6.43. The number of piperidine rings is 1. The molecule has 1 N–H and O–H groups in total. The van der Waals surface area contributed by atoms with Crippen LogP contribution in [0.3, 0.4) is 0 Å². The largest absolute Gasteiger partial charge is 0.381 e. The van der Waals surface area contributed by atoms with E-state index in [4.69, 9.17) is 4.74 Å². The summed E-state index contributed by atoms with van der Waals surface area (Å²) in [4.78, 5) is 17.9. The van der Waals surface area contributed by atoms with Crippen LogP contribution in [0, 0.1) is 0 Å². The van der Waals surface area contributed by atoms with E-state index >= 15 is 0 Å². The van der Waals surface area contributed by atoms with Gasteiger partial charge in [-0.15, -0.1) is 0 Å². The Labute approximate surface area is 163 Å². The van der Waals surface area contributed by atoms with Gasteiger partial charge in [0.05, 0.1) is 6.04 Å². The van der Waals surface area contributed by atoms with Crippen molar-refractivity contribution in [2.45, 2.75) is 63.2 Å². The van der Waals surface area contributed by atoms with Gasteiger partial charge in [-0.25, -0.2) is 0 Å². The van der Waals surface area contributed by atoms with E-state index in [-0.39, 0.29) is 11.9 Å². The number of hydrogen-bond donors (Lipinski definition) is 1. The molecule has 1 aromatic rings. The lowest BCUT2D eigenvalue weighted by Crippen LogP contribution is -2.52. The number of rotatable bonds is 5. The molecule has 3 saturated heterocycles. The molecule has 0 aromatic heterocycles. The molecule has 4 rings (SSSR count). The van der Waals surface area contributed by atoms with Crippen LogP contribution in [0.25, 0.3) is 0 Å². The molecule has 0 bridgehead atoms. The Morgan fingerprint density at radius 3 is 2.48 bits per heavy atom. The number of carbonyl (C=O) groups is 1. The van der Waals surface area contributed by atoms with Gasteiger partial charge in [-0.2, -0.15) is 0 Å². The number of carbonyl (C=O) groups excluding carboxylic acids is 1. The number of nitrogens with zero attached hydrogens (tertiary/aromatic N) is 2. The third-order valence-corrected chi connectivity index (χ3v) is 6.48. The maximum Gasteiger partial charge on any atom is 0.237 e. The Balaban J connectivity index is 1.25. The second kappa shape index (κ2) is 9.18. The van der Waals surface area contributed by atoms with Gasteiger partial charge in [-0.1, -0.05) is 30.3 Å². The van der Waals surface area contributed by atoms with Gasteiger partial charge in [0.2, 0.25) is 5.91 Å². The van der Waals surface area contributed by atoms with Crippen molar-refractivity contribution in [1.82, 2.24) is 15.1 Å². The van der Waals surface area contributed by atoms with Crippen LogP contribution in [0.15, 0.2) is 30.3 Å². The van der Waals surface area contributed by atoms with Gasteiger partial charge in [-0.05, 0) is 50.6 Å². The minimum atomic E-state index is 0.0405. The van der Waals surface area contributed by atoms with Crippen LogP contribution in [0.5, 0.6) is 0 Å². The van der Waals surface area contributed by atoms with Crippen molar-refractivity contribution in [2.24, 2.45) is 0 Å². The molecular weight excluding hydrogens is 338 g/mol. The molecule has 5 heteroatoms. The normalized spacial score (nSPS) is 26.3. The highest BCUT2D eigenvalue weighted by Crippen LogP contribution is 2.23. The molecule has 1 aromatic carbocycles. The van der Waals surface area contributed by atoms with Crippen LogP contribution in [-0.4, -0.2) is 66.7 Å². The van der Waals surface area contributed by atoms with Crippen molar-refractivity contribution in [3.8, 4) is 0 Å². The monoisotopic (exact) mass is 371 g/mol. The number of amides is 1. The third kappa shape index (κ3) is 4.89. The summed E-state index contributed by atoms with van der Waals surface area (Å²) < 4.78 is 5.49. The van der Waals surface area contributed by atoms with E-state index in [0.717, 1.165) is 77.9 Å². The molecule has 0 aliphatic carbocycles. The smallest absolute Gasteiger partial charge is 0.237 e. The molecule has 3 fully saturated rings. The fraction of sp³-hybridized carbons (Fsp3) is 0.682. The van der Waals surface area contributed by atoms with E-state index in [2.05, 4.69) is 39.4 Å². The summed E-state index contributed by atoms with van der Waals surface area (Å²) in [5.74, 6) is 0.243. The summed E-state index contributed by atoms with van der Waals surface area (Å²) in [5.41, 5.74) is 1.29. The van der Waals surface area contributed by atoms with Gasteiger partial charge in [0.25, 0.3) is 0 Å². The van der Waals surface area contributed by atoms with Crippen molar-refractivity contribution >= 4 is 5.91 Å². The SMILES string of the molecule is O=C(NC1CCN(C2CCOCC2)CC1)[C@@H]1CCCN1Cc1ccccc1. The standard InChI is InChI=1S/C22H33N3O2/c26-22(21-7-4-12-25(21)17-18-5-2-1-3-6-18)23-19-8-13-24(14-9-19)20-10-15-27-16-11-20/h1-3,5-6,19-21H,4,7-17H2,(H,23,26)/t21-/m0/s1. The summed E-state index contributed by atoms with van der Waals surface area (Å²) >= 11 is 0. The van der Waals surface area contributed by atoms with Crippen molar-refractivity contribution in [2.75, 3.05) is 32.8 Å². The molecule has 1 atom stereocenters. The third-order valence-electron chi connectivity index (χ3n) is 6.48.